The van der Waals surface area contributed by atoms with Gasteiger partial charge in [0.05, 0.1) is 37.5 Å². The maximum Gasteiger partial charge on any atom is 0.0959 e. The molecule has 0 saturated heterocycles. The minimum absolute atomic E-state index is 0.614. The van der Waals surface area contributed by atoms with Gasteiger partial charge < -0.3 is 14.0 Å². The molecular weight excluding hydrogens is 204 g/mol. The van der Waals surface area contributed by atoms with Crippen molar-refractivity contribution in [2.45, 2.75) is 6.54 Å². The number of aromatic nitrogens is 2. The van der Waals surface area contributed by atoms with Crippen LogP contribution >= 0.6 is 0 Å². The summed E-state index contributed by atoms with van der Waals surface area (Å²) in [5.74, 6) is 0. The van der Waals surface area contributed by atoms with Gasteiger partial charge in [-0.05, 0) is 12.2 Å². The molecule has 16 heavy (non-hydrogen) atoms. The van der Waals surface area contributed by atoms with Crippen LogP contribution < -0.4 is 0 Å². The fourth-order valence-corrected chi connectivity index (χ4v) is 1.37. The molecule has 0 aromatic carbocycles. The molecule has 1 aromatic rings. The van der Waals surface area contributed by atoms with Gasteiger partial charge in [0.15, 0.2) is 0 Å². The third kappa shape index (κ3) is 3.32. The van der Waals surface area contributed by atoms with Crippen LogP contribution in [0.4, 0.5) is 0 Å². The number of nitrogens with zero attached hydrogens (tertiary/aromatic N) is 2. The van der Waals surface area contributed by atoms with Crippen LogP contribution in [0.1, 0.15) is 11.4 Å². The van der Waals surface area contributed by atoms with Crippen LogP contribution in [-0.4, -0.2) is 36.5 Å². The molecule has 0 spiro atoms. The minimum Gasteiger partial charge on any atom is -0.382 e. The molecule has 88 valence electrons. The second-order valence-electron chi connectivity index (χ2n) is 3.22. The summed E-state index contributed by atoms with van der Waals surface area (Å²) in [5, 5.41) is 0. The molecule has 0 amide bonds. The molecule has 0 fully saturated rings. The number of hydrogen-bond acceptors (Lipinski definition) is 3. The van der Waals surface area contributed by atoms with E-state index in [9.17, 15) is 0 Å². The van der Waals surface area contributed by atoms with E-state index >= 15 is 0 Å². The summed E-state index contributed by atoms with van der Waals surface area (Å²) in [5.41, 5.74) is 1.83. The highest BCUT2D eigenvalue weighted by molar-refractivity contribution is 5.57. The van der Waals surface area contributed by atoms with Crippen LogP contribution in [0.25, 0.3) is 12.2 Å². The first-order chi connectivity index (χ1) is 7.83. The van der Waals surface area contributed by atoms with Gasteiger partial charge in [-0.15, -0.1) is 0 Å². The van der Waals surface area contributed by atoms with Crippen molar-refractivity contribution in [2.75, 3.05) is 26.9 Å². The van der Waals surface area contributed by atoms with E-state index in [0.29, 0.717) is 19.8 Å². The van der Waals surface area contributed by atoms with Crippen molar-refractivity contribution in [3.8, 4) is 0 Å². The highest BCUT2D eigenvalue weighted by Crippen LogP contribution is 2.10. The van der Waals surface area contributed by atoms with Crippen molar-refractivity contribution in [3.63, 3.8) is 0 Å². The molecule has 0 saturated carbocycles. The first kappa shape index (κ1) is 12.7. The Labute approximate surface area is 96.2 Å². The molecule has 1 rings (SSSR count). The molecule has 1 aromatic heterocycles. The Morgan fingerprint density at radius 1 is 1.31 bits per heavy atom. The van der Waals surface area contributed by atoms with Crippen molar-refractivity contribution < 1.29 is 9.47 Å². The summed E-state index contributed by atoms with van der Waals surface area (Å²) < 4.78 is 12.3. The molecule has 4 nitrogen and oxygen atoms in total. The minimum atomic E-state index is 0.614. The maximum absolute atomic E-state index is 5.39. The number of ether oxygens (including phenoxy) is 2. The Kier molecular flexibility index (Phi) is 5.53. The van der Waals surface area contributed by atoms with Gasteiger partial charge in [0, 0.05) is 13.7 Å². The zero-order valence-corrected chi connectivity index (χ0v) is 9.69. The van der Waals surface area contributed by atoms with Crippen molar-refractivity contribution in [2.24, 2.45) is 0 Å². The summed E-state index contributed by atoms with van der Waals surface area (Å²) in [7, 11) is 1.66. The van der Waals surface area contributed by atoms with Crippen LogP contribution in [0, 0.1) is 0 Å². The van der Waals surface area contributed by atoms with Gasteiger partial charge in [-0.1, -0.05) is 13.2 Å². The van der Waals surface area contributed by atoms with Gasteiger partial charge in [-0.25, -0.2) is 4.98 Å². The number of imidazole rings is 1. The Hall–Kier alpha value is -1.39. The van der Waals surface area contributed by atoms with E-state index in [-0.39, 0.29) is 0 Å². The Morgan fingerprint density at radius 2 is 2.12 bits per heavy atom. The predicted octanol–water partition coefficient (Wildman–Crippen LogP) is 1.83. The van der Waals surface area contributed by atoms with E-state index in [2.05, 4.69) is 18.1 Å². The first-order valence-electron chi connectivity index (χ1n) is 5.20. The Bertz CT molecular complexity index is 345. The van der Waals surface area contributed by atoms with E-state index in [4.69, 9.17) is 9.47 Å². The van der Waals surface area contributed by atoms with Gasteiger partial charge in [0.1, 0.15) is 0 Å². The molecular formula is C12H18N2O2. The Morgan fingerprint density at radius 3 is 2.75 bits per heavy atom. The maximum atomic E-state index is 5.39. The fraction of sp³-hybridized carbons (Fsp3) is 0.417. The molecule has 0 radical (unpaired) electrons. The largest absolute Gasteiger partial charge is 0.382 e. The number of hydrogen-bond donors (Lipinski definition) is 0. The summed E-state index contributed by atoms with van der Waals surface area (Å²) in [6.07, 6.45) is 5.27. The van der Waals surface area contributed by atoms with E-state index in [0.717, 1.165) is 17.9 Å². The van der Waals surface area contributed by atoms with Crippen molar-refractivity contribution in [1.29, 1.82) is 0 Å². The van der Waals surface area contributed by atoms with E-state index in [1.165, 1.54) is 0 Å². The van der Waals surface area contributed by atoms with Crippen LogP contribution in [0.3, 0.4) is 0 Å². The van der Waals surface area contributed by atoms with Crippen LogP contribution in [-0.2, 0) is 16.0 Å². The lowest BCUT2D eigenvalue weighted by Crippen LogP contribution is -2.09. The average Bonchev–Trinajstić information content (AvgIpc) is 2.71. The molecule has 0 N–H and O–H groups in total. The average molecular weight is 222 g/mol. The summed E-state index contributed by atoms with van der Waals surface area (Å²) >= 11 is 0. The van der Waals surface area contributed by atoms with E-state index in [1.807, 2.05) is 4.57 Å². The van der Waals surface area contributed by atoms with Crippen molar-refractivity contribution in [3.05, 3.63) is 30.9 Å². The van der Waals surface area contributed by atoms with Crippen LogP contribution in [0.5, 0.6) is 0 Å². The highest BCUT2D eigenvalue weighted by atomic mass is 16.5. The van der Waals surface area contributed by atoms with Crippen molar-refractivity contribution >= 4 is 12.2 Å². The molecule has 0 atom stereocenters. The molecule has 0 aliphatic heterocycles. The molecule has 0 aliphatic rings. The van der Waals surface area contributed by atoms with Crippen molar-refractivity contribution in [1.82, 2.24) is 9.55 Å². The third-order valence-electron chi connectivity index (χ3n) is 2.20. The highest BCUT2D eigenvalue weighted by Gasteiger charge is 2.04. The molecule has 1 heterocycles. The Balaban J connectivity index is 2.44. The zero-order valence-electron chi connectivity index (χ0n) is 9.69. The lowest BCUT2D eigenvalue weighted by molar-refractivity contribution is 0.0665. The van der Waals surface area contributed by atoms with Crippen LogP contribution in [0.2, 0.25) is 0 Å². The topological polar surface area (TPSA) is 36.3 Å². The standard InChI is InChI=1S/C12H18N2O2/c1-4-11-12(5-2)14(10-13-11)6-7-16-9-8-15-3/h4-5,10H,1-2,6-9H2,3H3. The number of rotatable bonds is 8. The van der Waals surface area contributed by atoms with Gasteiger partial charge >= 0.3 is 0 Å². The zero-order chi connectivity index (χ0) is 11.8. The molecule has 0 bridgehead atoms. The smallest absolute Gasteiger partial charge is 0.0959 e. The normalized spacial score (nSPS) is 10.3. The van der Waals surface area contributed by atoms with E-state index < -0.39 is 0 Å². The van der Waals surface area contributed by atoms with Gasteiger partial charge in [-0.2, -0.15) is 0 Å². The fourth-order valence-electron chi connectivity index (χ4n) is 1.37. The lowest BCUT2D eigenvalue weighted by Gasteiger charge is -2.06. The lowest BCUT2D eigenvalue weighted by atomic mass is 10.3. The summed E-state index contributed by atoms with van der Waals surface area (Å²) in [6, 6.07) is 0. The quantitative estimate of drug-likeness (QED) is 0.630. The summed E-state index contributed by atoms with van der Waals surface area (Å²) in [4.78, 5) is 4.21. The van der Waals surface area contributed by atoms with E-state index in [1.54, 1.807) is 25.6 Å². The molecule has 0 unspecified atom stereocenters. The monoisotopic (exact) mass is 222 g/mol. The summed E-state index contributed by atoms with van der Waals surface area (Å²) in [6.45, 7) is 10.1. The first-order valence-corrected chi connectivity index (χ1v) is 5.20. The molecule has 0 aliphatic carbocycles. The predicted molar refractivity (Wildman–Crippen MR) is 65.1 cm³/mol. The third-order valence-corrected chi connectivity index (χ3v) is 2.20. The second-order valence-corrected chi connectivity index (χ2v) is 3.22. The second kappa shape index (κ2) is 6.98. The SMILES string of the molecule is C=Cc1ncn(CCOCCOC)c1C=C. The van der Waals surface area contributed by atoms with Gasteiger partial charge in [-0.3, -0.25) is 0 Å². The van der Waals surface area contributed by atoms with Gasteiger partial charge in [0.2, 0.25) is 0 Å². The number of methoxy groups -OCH3 is 1. The van der Waals surface area contributed by atoms with Crippen LogP contribution in [0.15, 0.2) is 19.5 Å². The van der Waals surface area contributed by atoms with Gasteiger partial charge in [0.25, 0.3) is 0 Å². The molecule has 4 heteroatoms.